The zero-order valence-electron chi connectivity index (χ0n) is 9.76. The number of thiocarbonyl (C=S) groups is 1. The van der Waals surface area contributed by atoms with Crippen molar-refractivity contribution in [3.63, 3.8) is 0 Å². The summed E-state index contributed by atoms with van der Waals surface area (Å²) in [7, 11) is 0. The maximum Gasteiger partial charge on any atom is 0.147 e. The minimum Gasteiger partial charge on any atom is -0.390 e. The van der Waals surface area contributed by atoms with E-state index in [9.17, 15) is 5.11 Å². The molecule has 1 aromatic heterocycles. The van der Waals surface area contributed by atoms with Crippen LogP contribution in [0.25, 0.3) is 0 Å². The number of piperidine rings is 1. The van der Waals surface area contributed by atoms with Crippen molar-refractivity contribution < 1.29 is 5.11 Å². The quantitative estimate of drug-likeness (QED) is 0.745. The Morgan fingerprint density at radius 3 is 2.53 bits per heavy atom. The van der Waals surface area contributed by atoms with Crippen molar-refractivity contribution in [1.82, 2.24) is 9.97 Å². The molecule has 0 spiro atoms. The molecule has 1 aromatic rings. The molecule has 0 amide bonds. The van der Waals surface area contributed by atoms with E-state index < -0.39 is 5.60 Å². The first-order chi connectivity index (χ1) is 7.98. The maximum atomic E-state index is 9.86. The van der Waals surface area contributed by atoms with Gasteiger partial charge in [-0.15, -0.1) is 0 Å². The molecule has 1 fully saturated rings. The lowest BCUT2D eigenvalue weighted by molar-refractivity contribution is 0.0350. The van der Waals surface area contributed by atoms with E-state index in [4.69, 9.17) is 18.0 Å². The van der Waals surface area contributed by atoms with Crippen molar-refractivity contribution in [3.05, 3.63) is 18.1 Å². The van der Waals surface area contributed by atoms with E-state index in [1.165, 1.54) is 0 Å². The molecule has 1 aliphatic heterocycles. The zero-order valence-corrected chi connectivity index (χ0v) is 10.6. The average molecular weight is 252 g/mol. The van der Waals surface area contributed by atoms with E-state index in [0.717, 1.165) is 31.7 Å². The molecule has 1 aliphatic rings. The Labute approximate surface area is 106 Å². The highest BCUT2D eigenvalue weighted by molar-refractivity contribution is 7.80. The van der Waals surface area contributed by atoms with Crippen LogP contribution in [0.1, 0.15) is 25.5 Å². The molecule has 0 aromatic carbocycles. The topological polar surface area (TPSA) is 75.3 Å². The van der Waals surface area contributed by atoms with Crippen LogP contribution in [0.15, 0.2) is 12.4 Å². The highest BCUT2D eigenvalue weighted by atomic mass is 32.1. The highest BCUT2D eigenvalue weighted by Crippen LogP contribution is 2.24. The molecule has 5 nitrogen and oxygen atoms in total. The fourth-order valence-corrected chi connectivity index (χ4v) is 1.93. The van der Waals surface area contributed by atoms with E-state index in [-0.39, 0.29) is 4.99 Å². The minimum absolute atomic E-state index is 0.255. The van der Waals surface area contributed by atoms with Crippen LogP contribution in [0.5, 0.6) is 0 Å². The number of aliphatic hydroxyl groups is 1. The lowest BCUT2D eigenvalue weighted by Gasteiger charge is -2.36. The van der Waals surface area contributed by atoms with Gasteiger partial charge >= 0.3 is 0 Å². The molecule has 17 heavy (non-hydrogen) atoms. The van der Waals surface area contributed by atoms with E-state index in [2.05, 4.69) is 14.9 Å². The molecule has 2 rings (SSSR count). The van der Waals surface area contributed by atoms with Gasteiger partial charge in [-0.3, -0.25) is 0 Å². The lowest BCUT2D eigenvalue weighted by atomic mass is 9.94. The third-order valence-electron chi connectivity index (χ3n) is 3.06. The van der Waals surface area contributed by atoms with Crippen LogP contribution < -0.4 is 10.6 Å². The Bertz CT molecular complexity index is 408. The molecule has 1 saturated heterocycles. The van der Waals surface area contributed by atoms with Crippen molar-refractivity contribution >= 4 is 23.0 Å². The number of hydrogen-bond acceptors (Lipinski definition) is 5. The van der Waals surface area contributed by atoms with Gasteiger partial charge < -0.3 is 15.7 Å². The van der Waals surface area contributed by atoms with E-state index in [0.29, 0.717) is 5.69 Å². The number of anilines is 1. The Hall–Kier alpha value is -1.27. The average Bonchev–Trinajstić information content (AvgIpc) is 2.29. The van der Waals surface area contributed by atoms with Gasteiger partial charge in [0.15, 0.2) is 0 Å². The highest BCUT2D eigenvalue weighted by Gasteiger charge is 2.27. The number of aromatic nitrogens is 2. The summed E-state index contributed by atoms with van der Waals surface area (Å²) in [6, 6.07) is 0. The first-order valence-electron chi connectivity index (χ1n) is 5.57. The van der Waals surface area contributed by atoms with Gasteiger partial charge in [0.1, 0.15) is 16.5 Å². The monoisotopic (exact) mass is 252 g/mol. The van der Waals surface area contributed by atoms with Crippen molar-refractivity contribution in [3.8, 4) is 0 Å². The van der Waals surface area contributed by atoms with E-state index in [1.807, 2.05) is 6.92 Å². The third-order valence-corrected chi connectivity index (χ3v) is 3.26. The van der Waals surface area contributed by atoms with Gasteiger partial charge in [-0.2, -0.15) is 0 Å². The molecular formula is C11H16N4OS. The lowest BCUT2D eigenvalue weighted by Crippen LogP contribution is -2.42. The van der Waals surface area contributed by atoms with Crippen molar-refractivity contribution in [1.29, 1.82) is 0 Å². The van der Waals surface area contributed by atoms with Crippen LogP contribution in [0.4, 0.5) is 5.82 Å². The molecule has 6 heteroatoms. The molecule has 2 heterocycles. The second kappa shape index (κ2) is 4.54. The molecule has 0 radical (unpaired) electrons. The number of rotatable bonds is 2. The molecule has 0 unspecified atom stereocenters. The van der Waals surface area contributed by atoms with Gasteiger partial charge in [-0.1, -0.05) is 12.2 Å². The van der Waals surface area contributed by atoms with Crippen molar-refractivity contribution in [2.45, 2.75) is 25.4 Å². The summed E-state index contributed by atoms with van der Waals surface area (Å²) in [5.41, 5.74) is 5.44. The summed E-state index contributed by atoms with van der Waals surface area (Å²) >= 11 is 4.82. The maximum absolute atomic E-state index is 9.86. The van der Waals surface area contributed by atoms with Crippen LogP contribution in [-0.4, -0.2) is 38.8 Å². The number of nitrogens with two attached hydrogens (primary N) is 1. The Morgan fingerprint density at radius 1 is 1.41 bits per heavy atom. The third kappa shape index (κ3) is 2.89. The van der Waals surface area contributed by atoms with E-state index >= 15 is 0 Å². The van der Waals surface area contributed by atoms with Crippen LogP contribution >= 0.6 is 12.2 Å². The molecule has 0 aliphatic carbocycles. The summed E-state index contributed by atoms with van der Waals surface area (Å²) in [4.78, 5) is 10.8. The summed E-state index contributed by atoms with van der Waals surface area (Å²) in [6.07, 6.45) is 4.75. The molecule has 0 atom stereocenters. The first kappa shape index (κ1) is 12.2. The van der Waals surface area contributed by atoms with Gasteiger partial charge in [0.25, 0.3) is 0 Å². The number of nitrogens with zero attached hydrogens (tertiary/aromatic N) is 3. The van der Waals surface area contributed by atoms with Crippen molar-refractivity contribution in [2.75, 3.05) is 18.0 Å². The van der Waals surface area contributed by atoms with Crippen molar-refractivity contribution in [2.24, 2.45) is 5.73 Å². The predicted molar refractivity (Wildman–Crippen MR) is 70.0 cm³/mol. The summed E-state index contributed by atoms with van der Waals surface area (Å²) in [5.74, 6) is 0.806. The molecular weight excluding hydrogens is 236 g/mol. The van der Waals surface area contributed by atoms with Crippen LogP contribution in [0, 0.1) is 0 Å². The minimum atomic E-state index is -0.553. The first-order valence-corrected chi connectivity index (χ1v) is 5.98. The predicted octanol–water partition coefficient (Wildman–Crippen LogP) is 0.462. The summed E-state index contributed by atoms with van der Waals surface area (Å²) in [5, 5.41) is 9.86. The van der Waals surface area contributed by atoms with E-state index in [1.54, 1.807) is 12.4 Å². The molecule has 0 saturated carbocycles. The van der Waals surface area contributed by atoms with Gasteiger partial charge in [-0.25, -0.2) is 9.97 Å². The molecule has 0 bridgehead atoms. The molecule has 92 valence electrons. The number of hydrogen-bond donors (Lipinski definition) is 2. The van der Waals surface area contributed by atoms with Gasteiger partial charge in [0.05, 0.1) is 18.0 Å². The fraction of sp³-hybridized carbons (Fsp3) is 0.545. The summed E-state index contributed by atoms with van der Waals surface area (Å²) < 4.78 is 0. The van der Waals surface area contributed by atoms with Crippen LogP contribution in [-0.2, 0) is 0 Å². The van der Waals surface area contributed by atoms with Crippen LogP contribution in [0.3, 0.4) is 0 Å². The van der Waals surface area contributed by atoms with Gasteiger partial charge in [0.2, 0.25) is 0 Å². The second-order valence-corrected chi connectivity index (χ2v) is 5.05. The Kier molecular flexibility index (Phi) is 3.26. The standard InChI is InChI=1S/C11H16N4OS/c1-11(16)2-4-15(5-3-11)9-7-13-8(6-14-9)10(12)17/h6-7,16H,2-5H2,1H3,(H2,12,17). The van der Waals surface area contributed by atoms with Gasteiger partial charge in [-0.05, 0) is 19.8 Å². The Balaban J connectivity index is 2.06. The van der Waals surface area contributed by atoms with Crippen LogP contribution in [0.2, 0.25) is 0 Å². The largest absolute Gasteiger partial charge is 0.390 e. The fourth-order valence-electron chi connectivity index (χ4n) is 1.83. The summed E-state index contributed by atoms with van der Waals surface area (Å²) in [6.45, 7) is 3.44. The smallest absolute Gasteiger partial charge is 0.147 e. The Morgan fingerprint density at radius 2 is 2.06 bits per heavy atom. The molecule has 3 N–H and O–H groups in total. The zero-order chi connectivity index (χ0) is 12.5. The van der Waals surface area contributed by atoms with Gasteiger partial charge in [0, 0.05) is 13.1 Å². The normalized spacial score (nSPS) is 19.1. The SMILES string of the molecule is CC1(O)CCN(c2cnc(C(N)=S)cn2)CC1. The second-order valence-electron chi connectivity index (χ2n) is 4.61.